The summed E-state index contributed by atoms with van der Waals surface area (Å²) in [5.74, 6) is -0.856. The maximum absolute atomic E-state index is 10.9. The molecule has 0 bridgehead atoms. The minimum Gasteiger partial charge on any atom is -0.479 e. The molecule has 0 aromatic heterocycles. The Kier molecular flexibility index (Phi) is 5.71. The lowest BCUT2D eigenvalue weighted by Crippen LogP contribution is -2.38. The van der Waals surface area contributed by atoms with Crippen LogP contribution < -0.4 is 0 Å². The van der Waals surface area contributed by atoms with Crippen LogP contribution in [-0.4, -0.2) is 23.3 Å². The van der Waals surface area contributed by atoms with Crippen LogP contribution >= 0.6 is 0 Å². The van der Waals surface area contributed by atoms with Gasteiger partial charge >= 0.3 is 5.97 Å². The smallest absolute Gasteiger partial charge is 0.335 e. The Bertz CT molecular complexity index is 156. The van der Waals surface area contributed by atoms with Crippen LogP contribution in [0, 0.1) is 0 Å². The average molecular weight is 188 g/mol. The summed E-state index contributed by atoms with van der Waals surface area (Å²) in [6.45, 7) is 6.02. The van der Waals surface area contributed by atoms with Gasteiger partial charge in [0, 0.05) is 6.61 Å². The van der Waals surface area contributed by atoms with E-state index in [0.29, 0.717) is 13.0 Å². The summed E-state index contributed by atoms with van der Waals surface area (Å²) in [6.07, 6.45) is 3.68. The van der Waals surface area contributed by atoms with Crippen molar-refractivity contribution in [3.63, 3.8) is 0 Å². The molecule has 0 aliphatic carbocycles. The molecule has 0 rings (SSSR count). The highest BCUT2D eigenvalue weighted by Gasteiger charge is 2.32. The highest BCUT2D eigenvalue weighted by atomic mass is 16.5. The number of carboxylic acids is 1. The van der Waals surface area contributed by atoms with Crippen LogP contribution in [-0.2, 0) is 9.53 Å². The summed E-state index contributed by atoms with van der Waals surface area (Å²) in [4.78, 5) is 10.9. The van der Waals surface area contributed by atoms with Gasteiger partial charge in [-0.1, -0.05) is 19.8 Å². The zero-order valence-corrected chi connectivity index (χ0v) is 8.80. The fourth-order valence-electron chi connectivity index (χ4n) is 1.27. The van der Waals surface area contributed by atoms with Crippen molar-refractivity contribution in [2.45, 2.75) is 52.1 Å². The molecular weight excluding hydrogens is 168 g/mol. The second kappa shape index (κ2) is 5.97. The molecule has 3 nitrogen and oxygen atoms in total. The molecule has 0 aromatic rings. The molecule has 1 atom stereocenters. The van der Waals surface area contributed by atoms with Crippen molar-refractivity contribution in [2.75, 3.05) is 6.61 Å². The van der Waals surface area contributed by atoms with E-state index in [-0.39, 0.29) is 0 Å². The van der Waals surface area contributed by atoms with Gasteiger partial charge in [0.05, 0.1) is 0 Å². The Hall–Kier alpha value is -0.570. The van der Waals surface area contributed by atoms with Crippen molar-refractivity contribution >= 4 is 5.97 Å². The van der Waals surface area contributed by atoms with E-state index in [9.17, 15) is 4.79 Å². The van der Waals surface area contributed by atoms with Crippen molar-refractivity contribution in [1.29, 1.82) is 0 Å². The largest absolute Gasteiger partial charge is 0.479 e. The summed E-state index contributed by atoms with van der Waals surface area (Å²) in [5, 5.41) is 8.94. The van der Waals surface area contributed by atoms with Crippen molar-refractivity contribution in [3.8, 4) is 0 Å². The predicted molar refractivity (Wildman–Crippen MR) is 51.8 cm³/mol. The van der Waals surface area contributed by atoms with E-state index in [2.05, 4.69) is 6.92 Å². The van der Waals surface area contributed by atoms with Gasteiger partial charge < -0.3 is 9.84 Å². The maximum Gasteiger partial charge on any atom is 0.335 e. The lowest BCUT2D eigenvalue weighted by molar-refractivity contribution is -0.164. The summed E-state index contributed by atoms with van der Waals surface area (Å²) in [5.41, 5.74) is -0.982. The van der Waals surface area contributed by atoms with Crippen LogP contribution in [0.5, 0.6) is 0 Å². The van der Waals surface area contributed by atoms with E-state index in [0.717, 1.165) is 19.3 Å². The van der Waals surface area contributed by atoms with Gasteiger partial charge in [-0.25, -0.2) is 4.79 Å². The second-order valence-corrected chi connectivity index (χ2v) is 3.43. The Morgan fingerprint density at radius 1 is 1.38 bits per heavy atom. The summed E-state index contributed by atoms with van der Waals surface area (Å²) in [7, 11) is 0. The lowest BCUT2D eigenvalue weighted by atomic mass is 9.98. The Balaban J connectivity index is 4.00. The van der Waals surface area contributed by atoms with Gasteiger partial charge in [-0.2, -0.15) is 0 Å². The molecule has 78 valence electrons. The van der Waals surface area contributed by atoms with E-state index >= 15 is 0 Å². The fourth-order valence-corrected chi connectivity index (χ4v) is 1.27. The third-order valence-electron chi connectivity index (χ3n) is 2.17. The first-order chi connectivity index (χ1) is 6.06. The summed E-state index contributed by atoms with van der Waals surface area (Å²) in [6, 6.07) is 0. The first-order valence-corrected chi connectivity index (χ1v) is 4.94. The van der Waals surface area contributed by atoms with Crippen molar-refractivity contribution in [3.05, 3.63) is 0 Å². The number of unbranched alkanes of at least 4 members (excludes halogenated alkanes) is 2. The minimum absolute atomic E-state index is 0.453. The predicted octanol–water partition coefficient (Wildman–Crippen LogP) is 2.45. The topological polar surface area (TPSA) is 46.5 Å². The molecule has 3 heteroatoms. The molecule has 0 fully saturated rings. The third kappa shape index (κ3) is 4.27. The normalized spacial score (nSPS) is 15.3. The fraction of sp³-hybridized carbons (Fsp3) is 0.900. The monoisotopic (exact) mass is 188 g/mol. The highest BCUT2D eigenvalue weighted by molar-refractivity contribution is 5.76. The van der Waals surface area contributed by atoms with E-state index in [1.54, 1.807) is 6.92 Å². The number of carboxylic acid groups (broad SMARTS) is 1. The molecule has 1 N–H and O–H groups in total. The number of ether oxygens (including phenoxy) is 1. The molecule has 0 aromatic carbocycles. The van der Waals surface area contributed by atoms with Gasteiger partial charge in [0.15, 0.2) is 5.60 Å². The van der Waals surface area contributed by atoms with Crippen LogP contribution in [0.2, 0.25) is 0 Å². The number of hydrogen-bond donors (Lipinski definition) is 1. The summed E-state index contributed by atoms with van der Waals surface area (Å²) >= 11 is 0. The van der Waals surface area contributed by atoms with Crippen LogP contribution in [0.25, 0.3) is 0 Å². The molecule has 0 aliphatic rings. The first-order valence-electron chi connectivity index (χ1n) is 4.94. The summed E-state index contributed by atoms with van der Waals surface area (Å²) < 4.78 is 5.24. The van der Waals surface area contributed by atoms with E-state index in [1.165, 1.54) is 0 Å². The molecular formula is C10H20O3. The number of hydrogen-bond acceptors (Lipinski definition) is 2. The Morgan fingerprint density at radius 3 is 2.38 bits per heavy atom. The SMILES string of the molecule is CCCCCC(C)(OCC)C(=O)O. The molecule has 0 amide bonds. The van der Waals surface area contributed by atoms with E-state index in [4.69, 9.17) is 9.84 Å². The number of rotatable bonds is 7. The van der Waals surface area contributed by atoms with Gasteiger partial charge in [-0.05, 0) is 26.7 Å². The van der Waals surface area contributed by atoms with Crippen molar-refractivity contribution in [1.82, 2.24) is 0 Å². The van der Waals surface area contributed by atoms with Crippen LogP contribution in [0.1, 0.15) is 46.5 Å². The number of aliphatic carboxylic acids is 1. The van der Waals surface area contributed by atoms with Gasteiger partial charge in [-0.15, -0.1) is 0 Å². The maximum atomic E-state index is 10.9. The molecule has 0 saturated heterocycles. The molecule has 1 unspecified atom stereocenters. The van der Waals surface area contributed by atoms with Crippen LogP contribution in [0.3, 0.4) is 0 Å². The molecule has 0 radical (unpaired) electrons. The third-order valence-corrected chi connectivity index (χ3v) is 2.17. The van der Waals surface area contributed by atoms with Crippen LogP contribution in [0.4, 0.5) is 0 Å². The molecule has 0 heterocycles. The second-order valence-electron chi connectivity index (χ2n) is 3.43. The minimum atomic E-state index is -0.982. The van der Waals surface area contributed by atoms with E-state index < -0.39 is 11.6 Å². The van der Waals surface area contributed by atoms with Crippen molar-refractivity contribution in [2.24, 2.45) is 0 Å². The standard InChI is InChI=1S/C10H20O3/c1-4-6-7-8-10(3,9(11)12)13-5-2/h4-8H2,1-3H3,(H,11,12). The molecule has 13 heavy (non-hydrogen) atoms. The first kappa shape index (κ1) is 12.4. The Labute approximate surface area is 80.1 Å². The zero-order chi connectivity index (χ0) is 10.3. The quantitative estimate of drug-likeness (QED) is 0.624. The lowest BCUT2D eigenvalue weighted by Gasteiger charge is -2.24. The van der Waals surface area contributed by atoms with Gasteiger partial charge in [0.1, 0.15) is 0 Å². The van der Waals surface area contributed by atoms with Crippen LogP contribution in [0.15, 0.2) is 0 Å². The molecule has 0 spiro atoms. The van der Waals surface area contributed by atoms with Gasteiger partial charge in [-0.3, -0.25) is 0 Å². The zero-order valence-electron chi connectivity index (χ0n) is 8.80. The van der Waals surface area contributed by atoms with Gasteiger partial charge in [0.2, 0.25) is 0 Å². The molecule has 0 aliphatic heterocycles. The Morgan fingerprint density at radius 2 is 2.00 bits per heavy atom. The average Bonchev–Trinajstić information content (AvgIpc) is 2.05. The molecule has 0 saturated carbocycles. The van der Waals surface area contributed by atoms with Crippen molar-refractivity contribution < 1.29 is 14.6 Å². The number of carbonyl (C=O) groups is 1. The highest BCUT2D eigenvalue weighted by Crippen LogP contribution is 2.19. The van der Waals surface area contributed by atoms with Gasteiger partial charge in [0.25, 0.3) is 0 Å². The van der Waals surface area contributed by atoms with E-state index in [1.807, 2.05) is 6.92 Å².